The summed E-state index contributed by atoms with van der Waals surface area (Å²) in [5.41, 5.74) is 0.789. The summed E-state index contributed by atoms with van der Waals surface area (Å²) in [6.07, 6.45) is 0.817. The first-order valence-electron chi connectivity index (χ1n) is 6.01. The number of thiazole rings is 1. The highest BCUT2D eigenvalue weighted by molar-refractivity contribution is 7.22. The summed E-state index contributed by atoms with van der Waals surface area (Å²) < 4.78 is 4.95. The van der Waals surface area contributed by atoms with E-state index in [0.29, 0.717) is 18.0 Å². The Morgan fingerprint density at radius 2 is 2.37 bits per heavy atom. The lowest BCUT2D eigenvalue weighted by Gasteiger charge is -2.02. The molecule has 4 nitrogen and oxygen atoms in total. The highest BCUT2D eigenvalue weighted by Gasteiger charge is 2.16. The fourth-order valence-electron chi connectivity index (χ4n) is 1.61. The van der Waals surface area contributed by atoms with Gasteiger partial charge in [-0.25, -0.2) is 4.98 Å². The molecule has 2 rings (SSSR count). The van der Waals surface area contributed by atoms with Crippen molar-refractivity contribution in [2.45, 2.75) is 13.3 Å². The molecule has 0 fully saturated rings. The number of rotatable bonds is 6. The van der Waals surface area contributed by atoms with Gasteiger partial charge in [-0.3, -0.25) is 4.79 Å². The molecule has 0 aromatic carbocycles. The van der Waals surface area contributed by atoms with E-state index in [1.165, 1.54) is 11.3 Å². The topological polar surface area (TPSA) is 51.2 Å². The maximum atomic E-state index is 12.0. The van der Waals surface area contributed by atoms with E-state index in [4.69, 9.17) is 4.74 Å². The average molecular weight is 296 g/mol. The van der Waals surface area contributed by atoms with Crippen LogP contribution in [0.4, 0.5) is 0 Å². The molecule has 6 heteroatoms. The van der Waals surface area contributed by atoms with Crippen LogP contribution in [0.5, 0.6) is 0 Å². The molecule has 19 heavy (non-hydrogen) atoms. The molecule has 0 atom stereocenters. The maximum absolute atomic E-state index is 12.0. The molecular formula is C13H16N2O2S2. The van der Waals surface area contributed by atoms with Gasteiger partial charge in [-0.2, -0.15) is 0 Å². The Morgan fingerprint density at radius 1 is 1.53 bits per heavy atom. The third-order valence-corrected chi connectivity index (χ3v) is 4.74. The fraction of sp³-hybridized carbons (Fsp3) is 0.385. The van der Waals surface area contributed by atoms with Crippen LogP contribution in [0, 0.1) is 6.92 Å². The lowest BCUT2D eigenvalue weighted by Crippen LogP contribution is -2.24. The molecule has 1 amide bonds. The van der Waals surface area contributed by atoms with Crippen LogP contribution >= 0.6 is 22.7 Å². The van der Waals surface area contributed by atoms with Crippen molar-refractivity contribution in [3.05, 3.63) is 28.1 Å². The molecule has 0 spiro atoms. The van der Waals surface area contributed by atoms with Gasteiger partial charge in [0.1, 0.15) is 9.88 Å². The molecule has 0 saturated carbocycles. The number of carbonyl (C=O) groups is 1. The molecule has 0 saturated heterocycles. The number of thiophene rings is 1. The van der Waals surface area contributed by atoms with E-state index in [1.54, 1.807) is 18.4 Å². The van der Waals surface area contributed by atoms with Crippen LogP contribution in [0.15, 0.2) is 17.5 Å². The fourth-order valence-corrected chi connectivity index (χ4v) is 3.39. The van der Waals surface area contributed by atoms with Gasteiger partial charge >= 0.3 is 0 Å². The van der Waals surface area contributed by atoms with Gasteiger partial charge in [0.15, 0.2) is 0 Å². The number of aryl methyl sites for hydroxylation is 1. The van der Waals surface area contributed by atoms with Gasteiger partial charge in [0, 0.05) is 20.3 Å². The Bertz CT molecular complexity index is 535. The van der Waals surface area contributed by atoms with Gasteiger partial charge in [-0.05, 0) is 24.8 Å². The molecule has 2 aromatic heterocycles. The molecule has 2 heterocycles. The summed E-state index contributed by atoms with van der Waals surface area (Å²) >= 11 is 3.08. The first-order valence-corrected chi connectivity index (χ1v) is 7.70. The quantitative estimate of drug-likeness (QED) is 0.834. The third-order valence-electron chi connectivity index (χ3n) is 2.55. The minimum Gasteiger partial charge on any atom is -0.385 e. The van der Waals surface area contributed by atoms with E-state index in [2.05, 4.69) is 10.3 Å². The van der Waals surface area contributed by atoms with Gasteiger partial charge in [-0.1, -0.05) is 6.07 Å². The molecule has 2 aromatic rings. The SMILES string of the molecule is COCCCNC(=O)c1sc(-c2cccs2)nc1C. The number of methoxy groups -OCH3 is 1. The Kier molecular flexibility index (Phi) is 5.07. The van der Waals surface area contributed by atoms with Crippen molar-refractivity contribution in [3.63, 3.8) is 0 Å². The van der Waals surface area contributed by atoms with Gasteiger partial charge in [0.25, 0.3) is 5.91 Å². The van der Waals surface area contributed by atoms with Crippen molar-refractivity contribution in [2.75, 3.05) is 20.3 Å². The molecule has 1 N–H and O–H groups in total. The zero-order valence-corrected chi connectivity index (χ0v) is 12.6. The van der Waals surface area contributed by atoms with Crippen molar-refractivity contribution in [1.29, 1.82) is 0 Å². The number of ether oxygens (including phenoxy) is 1. The number of hydrogen-bond donors (Lipinski definition) is 1. The summed E-state index contributed by atoms with van der Waals surface area (Å²) in [6, 6.07) is 4.00. The van der Waals surface area contributed by atoms with Crippen molar-refractivity contribution in [3.8, 4) is 9.88 Å². The Labute approximate surface area is 120 Å². The second kappa shape index (κ2) is 6.79. The maximum Gasteiger partial charge on any atom is 0.263 e. The average Bonchev–Trinajstić information content (AvgIpc) is 3.03. The van der Waals surface area contributed by atoms with E-state index in [1.807, 2.05) is 24.4 Å². The minimum absolute atomic E-state index is 0.0473. The first-order chi connectivity index (χ1) is 9.22. The molecule has 102 valence electrons. The van der Waals surface area contributed by atoms with Gasteiger partial charge < -0.3 is 10.1 Å². The number of aromatic nitrogens is 1. The number of amides is 1. The zero-order valence-electron chi connectivity index (χ0n) is 10.9. The lowest BCUT2D eigenvalue weighted by molar-refractivity contribution is 0.0952. The summed E-state index contributed by atoms with van der Waals surface area (Å²) in [5, 5.41) is 5.81. The number of hydrogen-bond acceptors (Lipinski definition) is 5. The monoisotopic (exact) mass is 296 g/mol. The summed E-state index contributed by atoms with van der Waals surface area (Å²) in [5.74, 6) is -0.0473. The van der Waals surface area contributed by atoms with Crippen LogP contribution in [0.25, 0.3) is 9.88 Å². The van der Waals surface area contributed by atoms with Crippen molar-refractivity contribution in [2.24, 2.45) is 0 Å². The molecule has 0 unspecified atom stereocenters. The van der Waals surface area contributed by atoms with Crippen molar-refractivity contribution >= 4 is 28.6 Å². The van der Waals surface area contributed by atoms with Crippen LogP contribution in [-0.4, -0.2) is 31.2 Å². The molecule has 0 aliphatic rings. The van der Waals surface area contributed by atoms with Crippen molar-refractivity contribution in [1.82, 2.24) is 10.3 Å². The highest BCUT2D eigenvalue weighted by atomic mass is 32.1. The normalized spacial score (nSPS) is 10.6. The largest absolute Gasteiger partial charge is 0.385 e. The van der Waals surface area contributed by atoms with E-state index in [-0.39, 0.29) is 5.91 Å². The predicted molar refractivity (Wildman–Crippen MR) is 79.0 cm³/mol. The molecule has 0 aliphatic heterocycles. The van der Waals surface area contributed by atoms with E-state index in [9.17, 15) is 4.79 Å². The molecule has 0 aliphatic carbocycles. The van der Waals surface area contributed by atoms with Gasteiger partial charge in [0.2, 0.25) is 0 Å². The number of carbonyl (C=O) groups excluding carboxylic acids is 1. The van der Waals surface area contributed by atoms with Crippen LogP contribution in [0.2, 0.25) is 0 Å². The number of nitrogens with zero attached hydrogens (tertiary/aromatic N) is 1. The molecule has 0 radical (unpaired) electrons. The van der Waals surface area contributed by atoms with Crippen LogP contribution < -0.4 is 5.32 Å². The van der Waals surface area contributed by atoms with Crippen LogP contribution in [0.3, 0.4) is 0 Å². The van der Waals surface area contributed by atoms with Crippen molar-refractivity contribution < 1.29 is 9.53 Å². The van der Waals surface area contributed by atoms with Crippen LogP contribution in [0.1, 0.15) is 21.8 Å². The second-order valence-electron chi connectivity index (χ2n) is 4.01. The zero-order chi connectivity index (χ0) is 13.7. The summed E-state index contributed by atoms with van der Waals surface area (Å²) in [6.45, 7) is 3.15. The summed E-state index contributed by atoms with van der Waals surface area (Å²) in [4.78, 5) is 18.3. The second-order valence-corrected chi connectivity index (χ2v) is 5.96. The Morgan fingerprint density at radius 3 is 3.05 bits per heavy atom. The Balaban J connectivity index is 2.02. The summed E-state index contributed by atoms with van der Waals surface area (Å²) in [7, 11) is 1.66. The molecular weight excluding hydrogens is 280 g/mol. The smallest absolute Gasteiger partial charge is 0.263 e. The highest BCUT2D eigenvalue weighted by Crippen LogP contribution is 2.30. The molecule has 0 bridgehead atoms. The minimum atomic E-state index is -0.0473. The Hall–Kier alpha value is -1.24. The predicted octanol–water partition coefficient (Wildman–Crippen LogP) is 2.95. The van der Waals surface area contributed by atoms with E-state index >= 15 is 0 Å². The lowest BCUT2D eigenvalue weighted by atomic mass is 10.3. The first kappa shape index (κ1) is 14.2. The van der Waals surface area contributed by atoms with Gasteiger partial charge in [0.05, 0.1) is 10.6 Å². The third kappa shape index (κ3) is 3.62. The standard InChI is InChI=1S/C13H16N2O2S2/c1-9-11(12(16)14-6-4-7-17-2)19-13(15-9)10-5-3-8-18-10/h3,5,8H,4,6-7H2,1-2H3,(H,14,16). The van der Waals surface area contributed by atoms with Crippen LogP contribution in [-0.2, 0) is 4.74 Å². The van der Waals surface area contributed by atoms with E-state index in [0.717, 1.165) is 22.0 Å². The number of nitrogens with one attached hydrogen (secondary N) is 1. The van der Waals surface area contributed by atoms with E-state index < -0.39 is 0 Å². The van der Waals surface area contributed by atoms with Gasteiger partial charge in [-0.15, -0.1) is 22.7 Å².